The maximum atomic E-state index is 13.5. The van der Waals surface area contributed by atoms with Crippen molar-refractivity contribution in [1.29, 1.82) is 0 Å². The van der Waals surface area contributed by atoms with Gasteiger partial charge in [0, 0.05) is 55.2 Å². The Hall–Kier alpha value is -5.67. The quantitative estimate of drug-likeness (QED) is 0.184. The first-order chi connectivity index (χ1) is 27.4. The first-order valence-corrected chi connectivity index (χ1v) is 20.0. The molecular weight excluding hydrogens is 725 g/mol. The molecule has 57 heavy (non-hydrogen) atoms. The van der Waals surface area contributed by atoms with Gasteiger partial charge >= 0.3 is 5.69 Å². The minimum absolute atomic E-state index is 0.208. The number of aromatic nitrogens is 7. The lowest BCUT2D eigenvalue weighted by Gasteiger charge is -2.37. The van der Waals surface area contributed by atoms with Crippen LogP contribution in [0.5, 0.6) is 0 Å². The molecule has 4 aromatic heterocycles. The average Bonchev–Trinajstić information content (AvgIpc) is 3.89. The fourth-order valence-electron chi connectivity index (χ4n) is 9.48. The van der Waals surface area contributed by atoms with Crippen LogP contribution in [0.15, 0.2) is 66.1 Å². The van der Waals surface area contributed by atoms with Gasteiger partial charge in [0.2, 0.25) is 11.8 Å². The van der Waals surface area contributed by atoms with Gasteiger partial charge in [-0.3, -0.25) is 37.9 Å². The highest BCUT2D eigenvalue weighted by atomic mass is 16.3. The highest BCUT2D eigenvalue weighted by Gasteiger charge is 2.34. The summed E-state index contributed by atoms with van der Waals surface area (Å²) in [7, 11) is 1.78. The summed E-state index contributed by atoms with van der Waals surface area (Å²) in [5.41, 5.74) is 3.85. The molecule has 15 heteroatoms. The van der Waals surface area contributed by atoms with Crippen molar-refractivity contribution in [3.63, 3.8) is 0 Å². The van der Waals surface area contributed by atoms with Crippen molar-refractivity contribution in [3.8, 4) is 0 Å². The molecule has 0 bridgehead atoms. The van der Waals surface area contributed by atoms with Gasteiger partial charge in [0.1, 0.15) is 12.4 Å². The van der Waals surface area contributed by atoms with E-state index < -0.39 is 23.5 Å². The number of anilines is 1. The van der Waals surface area contributed by atoms with E-state index in [2.05, 4.69) is 42.4 Å². The van der Waals surface area contributed by atoms with E-state index in [-0.39, 0.29) is 29.8 Å². The molecule has 1 atom stereocenters. The Morgan fingerprint density at radius 3 is 2.54 bits per heavy atom. The van der Waals surface area contributed by atoms with E-state index in [1.807, 2.05) is 24.3 Å². The monoisotopic (exact) mass is 772 g/mol. The zero-order valence-electron chi connectivity index (χ0n) is 32.5. The van der Waals surface area contributed by atoms with Crippen LogP contribution in [-0.2, 0) is 22.2 Å². The summed E-state index contributed by atoms with van der Waals surface area (Å²) in [6, 6.07) is 11.1. The minimum atomic E-state index is -1.23. The number of piperidine rings is 2. The van der Waals surface area contributed by atoms with Crippen molar-refractivity contribution < 1.29 is 19.5 Å². The molecule has 3 fully saturated rings. The zero-order valence-corrected chi connectivity index (χ0v) is 32.5. The van der Waals surface area contributed by atoms with Gasteiger partial charge in [0.25, 0.3) is 5.91 Å². The number of imide groups is 1. The SMILES string of the molecule is Cn1c(=O)n(C2CCC(=O)NC2=O)c2cccc(C3CCN(CC4CCC(n5cc6cc(NC(=O)c7ncn8cccnc78)c(C(C)(C)O)cc6n5)CC4)CC3)c21. The van der Waals surface area contributed by atoms with E-state index in [9.17, 15) is 24.3 Å². The second kappa shape index (κ2) is 14.4. The number of para-hydroxylation sites is 1. The standard InChI is InChI=1S/C42H48N10O5/c1-42(2,57)30-21-31-27(20-32(30)45-40(55)36-38-43-16-5-17-50(38)24-44-36)23-51(47-31)28-10-8-25(9-11-28)22-49-18-14-26(15-19-49)29-6-4-7-33-37(29)48(3)41(56)52(33)34-12-13-35(53)46-39(34)54/h4-7,16-17,20-21,23-26,28,34,57H,8-15,18-19,22H2,1-3H3,(H,45,55)(H,46,53,54). The number of rotatable bonds is 8. The van der Waals surface area contributed by atoms with E-state index in [4.69, 9.17) is 5.10 Å². The smallest absolute Gasteiger partial charge is 0.329 e. The van der Waals surface area contributed by atoms with Gasteiger partial charge < -0.3 is 15.3 Å². The molecule has 3 amide bonds. The van der Waals surface area contributed by atoms with Gasteiger partial charge in [-0.15, -0.1) is 0 Å². The van der Waals surface area contributed by atoms with Gasteiger partial charge in [-0.1, -0.05) is 12.1 Å². The molecule has 2 saturated heterocycles. The fourth-order valence-corrected chi connectivity index (χ4v) is 9.48. The first-order valence-electron chi connectivity index (χ1n) is 20.0. The summed E-state index contributed by atoms with van der Waals surface area (Å²) in [6.07, 6.45) is 13.8. The number of amides is 3. The second-order valence-corrected chi connectivity index (χ2v) is 16.7. The summed E-state index contributed by atoms with van der Waals surface area (Å²) in [4.78, 5) is 62.6. The zero-order chi connectivity index (χ0) is 39.6. The lowest BCUT2D eigenvalue weighted by molar-refractivity contribution is -0.135. The Kier molecular flexibility index (Phi) is 9.31. The molecule has 9 rings (SSSR count). The normalized spacial score (nSPS) is 21.4. The largest absolute Gasteiger partial charge is 0.386 e. The molecule has 3 aliphatic rings. The fraction of sp³-hybridized carbons (Fsp3) is 0.452. The molecular formula is C42H48N10O5. The number of likely N-dealkylation sites (tertiary alicyclic amines) is 1. The number of carbonyl (C=O) groups is 3. The summed E-state index contributed by atoms with van der Waals surface area (Å²) in [6.45, 7) is 6.44. The molecule has 2 aliphatic heterocycles. The first kappa shape index (κ1) is 36.9. The molecule has 3 N–H and O–H groups in total. The van der Waals surface area contributed by atoms with Gasteiger partial charge in [0.15, 0.2) is 11.3 Å². The van der Waals surface area contributed by atoms with Crippen LogP contribution in [0.3, 0.4) is 0 Å². The topological polar surface area (TPSA) is 174 Å². The number of aryl methyl sites for hydroxylation is 1. The molecule has 2 aromatic carbocycles. The molecule has 6 aromatic rings. The van der Waals surface area contributed by atoms with Crippen molar-refractivity contribution in [2.45, 2.75) is 88.8 Å². The van der Waals surface area contributed by atoms with E-state index in [0.29, 0.717) is 35.2 Å². The number of imidazole rings is 2. The van der Waals surface area contributed by atoms with Crippen molar-refractivity contribution >= 4 is 51.0 Å². The molecule has 1 unspecified atom stereocenters. The molecule has 0 radical (unpaired) electrons. The summed E-state index contributed by atoms with van der Waals surface area (Å²) in [5, 5.41) is 22.3. The number of fused-ring (bicyclic) bond motifs is 3. The average molecular weight is 773 g/mol. The third kappa shape index (κ3) is 6.82. The maximum Gasteiger partial charge on any atom is 0.329 e. The van der Waals surface area contributed by atoms with E-state index >= 15 is 0 Å². The number of hydrogen-bond acceptors (Lipinski definition) is 9. The Bertz CT molecular complexity index is 2590. The van der Waals surface area contributed by atoms with Crippen LogP contribution in [0.2, 0.25) is 0 Å². The number of nitrogens with one attached hydrogen (secondary N) is 2. The van der Waals surface area contributed by atoms with Gasteiger partial charge in [-0.2, -0.15) is 5.10 Å². The van der Waals surface area contributed by atoms with Gasteiger partial charge in [-0.05, 0) is 114 Å². The number of carbonyl (C=O) groups excluding carboxylic acids is 3. The van der Waals surface area contributed by atoms with E-state index in [1.165, 1.54) is 0 Å². The Balaban J connectivity index is 0.836. The lowest BCUT2D eigenvalue weighted by atomic mass is 9.84. The highest BCUT2D eigenvalue weighted by molar-refractivity contribution is 6.08. The van der Waals surface area contributed by atoms with Crippen molar-refractivity contribution in [1.82, 2.24) is 43.5 Å². The minimum Gasteiger partial charge on any atom is -0.386 e. The number of nitrogens with zero attached hydrogens (tertiary/aromatic N) is 8. The van der Waals surface area contributed by atoms with Gasteiger partial charge in [-0.25, -0.2) is 14.8 Å². The Morgan fingerprint density at radius 1 is 1.00 bits per heavy atom. The van der Waals surface area contributed by atoms with Crippen LogP contribution in [0.4, 0.5) is 5.69 Å². The molecule has 15 nitrogen and oxygen atoms in total. The predicted octanol–water partition coefficient (Wildman–Crippen LogP) is 4.80. The van der Waals surface area contributed by atoms with E-state index in [1.54, 1.807) is 59.2 Å². The van der Waals surface area contributed by atoms with Crippen molar-refractivity contribution in [3.05, 3.63) is 88.6 Å². The number of aliphatic hydroxyl groups is 1. The van der Waals surface area contributed by atoms with Crippen LogP contribution in [0, 0.1) is 5.92 Å². The lowest BCUT2D eigenvalue weighted by Crippen LogP contribution is -2.44. The molecule has 6 heterocycles. The van der Waals surface area contributed by atoms with Crippen LogP contribution in [0.25, 0.3) is 27.6 Å². The van der Waals surface area contributed by atoms with Crippen LogP contribution >= 0.6 is 0 Å². The molecule has 296 valence electrons. The Morgan fingerprint density at radius 2 is 1.79 bits per heavy atom. The molecule has 1 aliphatic carbocycles. The molecule has 0 spiro atoms. The van der Waals surface area contributed by atoms with Crippen LogP contribution < -0.4 is 16.3 Å². The highest BCUT2D eigenvalue weighted by Crippen LogP contribution is 2.38. The summed E-state index contributed by atoms with van der Waals surface area (Å²) >= 11 is 0. The van der Waals surface area contributed by atoms with E-state index in [0.717, 1.165) is 85.7 Å². The third-order valence-corrected chi connectivity index (χ3v) is 12.5. The number of benzene rings is 2. The summed E-state index contributed by atoms with van der Waals surface area (Å²) in [5.74, 6) is -0.194. The van der Waals surface area contributed by atoms with Crippen molar-refractivity contribution in [2.75, 3.05) is 25.0 Å². The van der Waals surface area contributed by atoms with Crippen LogP contribution in [-0.4, -0.2) is 80.6 Å². The summed E-state index contributed by atoms with van der Waals surface area (Å²) < 4.78 is 7.01. The Labute approximate surface area is 328 Å². The van der Waals surface area contributed by atoms with Gasteiger partial charge in [0.05, 0.1) is 28.2 Å². The molecule has 1 saturated carbocycles. The number of hydrogen-bond donors (Lipinski definition) is 3. The maximum absolute atomic E-state index is 13.5. The van der Waals surface area contributed by atoms with Crippen LogP contribution in [0.1, 0.15) is 105 Å². The van der Waals surface area contributed by atoms with Crippen molar-refractivity contribution in [2.24, 2.45) is 13.0 Å². The third-order valence-electron chi connectivity index (χ3n) is 12.5. The second-order valence-electron chi connectivity index (χ2n) is 16.7. The predicted molar refractivity (Wildman–Crippen MR) is 214 cm³/mol.